The molecular formula is C17H15BrN4O4S2. The predicted octanol–water partition coefficient (Wildman–Crippen LogP) is 2.34. The Balaban J connectivity index is 1.62. The zero-order chi connectivity index (χ0) is 20.3. The van der Waals surface area contributed by atoms with E-state index in [-0.39, 0.29) is 23.1 Å². The number of anilines is 1. The first-order valence-electron chi connectivity index (χ1n) is 7.95. The summed E-state index contributed by atoms with van der Waals surface area (Å²) in [6.45, 7) is 0. The van der Waals surface area contributed by atoms with Gasteiger partial charge in [-0.05, 0) is 48.5 Å². The van der Waals surface area contributed by atoms with E-state index in [1.807, 2.05) is 0 Å². The van der Waals surface area contributed by atoms with Crippen molar-refractivity contribution in [2.75, 3.05) is 5.32 Å². The summed E-state index contributed by atoms with van der Waals surface area (Å²) < 4.78 is 23.4. The number of thioether (sulfide) groups is 1. The number of halogens is 1. The number of nitrogens with one attached hydrogen (secondary N) is 2. The van der Waals surface area contributed by atoms with Crippen molar-refractivity contribution >= 4 is 66.1 Å². The van der Waals surface area contributed by atoms with Crippen LogP contribution in [0.1, 0.15) is 6.42 Å². The number of carbonyl (C=O) groups is 2. The van der Waals surface area contributed by atoms with Crippen LogP contribution >= 0.6 is 27.7 Å². The highest BCUT2D eigenvalue weighted by atomic mass is 79.9. The molecule has 0 aromatic heterocycles. The van der Waals surface area contributed by atoms with E-state index in [9.17, 15) is 18.0 Å². The molecule has 2 aromatic rings. The number of sulfonamides is 1. The summed E-state index contributed by atoms with van der Waals surface area (Å²) in [6.07, 6.45) is -0.00403. The number of rotatable bonds is 5. The number of nitrogens with two attached hydrogens (primary N) is 1. The van der Waals surface area contributed by atoms with Crippen molar-refractivity contribution < 1.29 is 18.0 Å². The number of amides is 2. The van der Waals surface area contributed by atoms with E-state index >= 15 is 0 Å². The van der Waals surface area contributed by atoms with Gasteiger partial charge in [-0.3, -0.25) is 9.59 Å². The lowest BCUT2D eigenvalue weighted by Crippen LogP contribution is -2.28. The fourth-order valence-corrected chi connectivity index (χ4v) is 4.10. The summed E-state index contributed by atoms with van der Waals surface area (Å²) in [7, 11) is -3.78. The average molecular weight is 483 g/mol. The van der Waals surface area contributed by atoms with Gasteiger partial charge in [-0.15, -0.1) is 0 Å². The van der Waals surface area contributed by atoms with E-state index < -0.39 is 15.3 Å². The number of hydrogen-bond donors (Lipinski definition) is 3. The van der Waals surface area contributed by atoms with Gasteiger partial charge in [-0.25, -0.2) is 18.5 Å². The maximum absolute atomic E-state index is 12.2. The van der Waals surface area contributed by atoms with Crippen LogP contribution in [0.3, 0.4) is 0 Å². The molecule has 0 spiro atoms. The van der Waals surface area contributed by atoms with Gasteiger partial charge in [0.1, 0.15) is 5.25 Å². The highest BCUT2D eigenvalue weighted by Crippen LogP contribution is 2.26. The molecule has 1 aliphatic rings. The van der Waals surface area contributed by atoms with Crippen molar-refractivity contribution in [1.29, 1.82) is 0 Å². The monoisotopic (exact) mass is 482 g/mol. The summed E-state index contributed by atoms with van der Waals surface area (Å²) in [5.41, 5.74) is 1.09. The van der Waals surface area contributed by atoms with Crippen molar-refractivity contribution in [3.8, 4) is 0 Å². The van der Waals surface area contributed by atoms with E-state index in [2.05, 4.69) is 31.6 Å². The molecule has 0 bridgehead atoms. The minimum atomic E-state index is -3.78. The zero-order valence-electron chi connectivity index (χ0n) is 14.3. The van der Waals surface area contributed by atoms with Gasteiger partial charge in [0, 0.05) is 16.6 Å². The van der Waals surface area contributed by atoms with E-state index in [0.717, 1.165) is 16.2 Å². The minimum Gasteiger partial charge on any atom is -0.326 e. The van der Waals surface area contributed by atoms with Gasteiger partial charge in [-0.1, -0.05) is 27.7 Å². The van der Waals surface area contributed by atoms with Crippen LogP contribution < -0.4 is 15.8 Å². The smallest absolute Gasteiger partial charge is 0.240 e. The summed E-state index contributed by atoms with van der Waals surface area (Å²) in [6, 6.07) is 12.7. The van der Waals surface area contributed by atoms with E-state index in [1.165, 1.54) is 24.3 Å². The van der Waals surface area contributed by atoms with Crippen LogP contribution in [0.25, 0.3) is 0 Å². The standard InChI is InChI=1S/C17H15BrN4O4S2/c18-10-1-3-11(4-2-10)20-15(23)9-14-16(24)22-17(27-14)21-12-5-7-13(8-6-12)28(19,25)26/h1-8,14H,9H2,(H,20,23)(H2,19,25,26)(H,21,22,24)/t14-/m1/s1. The molecule has 1 aliphatic heterocycles. The summed E-state index contributed by atoms with van der Waals surface area (Å²) in [4.78, 5) is 28.5. The first-order chi connectivity index (χ1) is 13.2. The molecule has 0 radical (unpaired) electrons. The molecule has 28 heavy (non-hydrogen) atoms. The maximum Gasteiger partial charge on any atom is 0.240 e. The number of benzene rings is 2. The Morgan fingerprint density at radius 2 is 1.82 bits per heavy atom. The summed E-state index contributed by atoms with van der Waals surface area (Å²) >= 11 is 4.46. The highest BCUT2D eigenvalue weighted by molar-refractivity contribution is 9.10. The van der Waals surface area contributed by atoms with Gasteiger partial charge in [0.05, 0.1) is 10.6 Å². The van der Waals surface area contributed by atoms with E-state index in [0.29, 0.717) is 16.5 Å². The Morgan fingerprint density at radius 3 is 2.43 bits per heavy atom. The van der Waals surface area contributed by atoms with Gasteiger partial charge < -0.3 is 10.6 Å². The summed E-state index contributed by atoms with van der Waals surface area (Å²) in [5.74, 6) is -0.593. The molecule has 1 atom stereocenters. The molecule has 1 heterocycles. The highest BCUT2D eigenvalue weighted by Gasteiger charge is 2.32. The molecule has 0 saturated carbocycles. The Hall–Kier alpha value is -2.21. The fraction of sp³-hybridized carbons (Fsp3) is 0.118. The van der Waals surface area contributed by atoms with Crippen LogP contribution in [-0.4, -0.2) is 30.6 Å². The van der Waals surface area contributed by atoms with Gasteiger partial charge in [0.15, 0.2) is 5.17 Å². The quantitative estimate of drug-likeness (QED) is 0.601. The van der Waals surface area contributed by atoms with Crippen molar-refractivity contribution in [1.82, 2.24) is 5.32 Å². The third-order valence-electron chi connectivity index (χ3n) is 3.67. The minimum absolute atomic E-state index is 0.00403. The second kappa shape index (κ2) is 8.43. The molecule has 1 saturated heterocycles. The molecule has 1 fully saturated rings. The average Bonchev–Trinajstić information content (AvgIpc) is 2.95. The van der Waals surface area contributed by atoms with Crippen LogP contribution in [0.5, 0.6) is 0 Å². The van der Waals surface area contributed by atoms with Crippen molar-refractivity contribution in [2.45, 2.75) is 16.6 Å². The lowest BCUT2D eigenvalue weighted by Gasteiger charge is -2.07. The molecule has 146 valence electrons. The Kier molecular flexibility index (Phi) is 6.18. The van der Waals surface area contributed by atoms with Crippen molar-refractivity contribution in [2.24, 2.45) is 10.1 Å². The molecule has 0 unspecified atom stereocenters. The SMILES string of the molecule is NS(=O)(=O)c1ccc(N=C2NC(=O)[C@@H](CC(=O)Nc3ccc(Br)cc3)S2)cc1. The number of hydrogen-bond acceptors (Lipinski definition) is 6. The van der Waals surface area contributed by atoms with Gasteiger partial charge in [0.25, 0.3) is 0 Å². The Labute approximate surface area is 174 Å². The van der Waals surface area contributed by atoms with Crippen LogP contribution in [0.15, 0.2) is 62.9 Å². The molecule has 0 aliphatic carbocycles. The number of aliphatic imine (C=N–C) groups is 1. The largest absolute Gasteiger partial charge is 0.326 e. The molecule has 11 heteroatoms. The van der Waals surface area contributed by atoms with Gasteiger partial charge in [0.2, 0.25) is 21.8 Å². The van der Waals surface area contributed by atoms with E-state index in [4.69, 9.17) is 5.14 Å². The molecular weight excluding hydrogens is 468 g/mol. The third-order valence-corrected chi connectivity index (χ3v) is 6.21. The molecule has 4 N–H and O–H groups in total. The van der Waals surface area contributed by atoms with E-state index in [1.54, 1.807) is 24.3 Å². The van der Waals surface area contributed by atoms with Crippen LogP contribution in [-0.2, 0) is 19.6 Å². The van der Waals surface area contributed by atoms with Crippen molar-refractivity contribution in [3.05, 3.63) is 53.0 Å². The number of carbonyl (C=O) groups excluding carboxylic acids is 2. The Morgan fingerprint density at radius 1 is 1.18 bits per heavy atom. The summed E-state index contributed by atoms with van der Waals surface area (Å²) in [5, 5.41) is 10.2. The topological polar surface area (TPSA) is 131 Å². The molecule has 8 nitrogen and oxygen atoms in total. The van der Waals surface area contributed by atoms with Crippen LogP contribution in [0.4, 0.5) is 11.4 Å². The second-order valence-electron chi connectivity index (χ2n) is 5.81. The predicted molar refractivity (Wildman–Crippen MR) is 112 cm³/mol. The number of amidine groups is 1. The van der Waals surface area contributed by atoms with Gasteiger partial charge >= 0.3 is 0 Å². The normalized spacial score (nSPS) is 18.1. The lowest BCUT2D eigenvalue weighted by molar-refractivity contribution is -0.122. The molecule has 2 aromatic carbocycles. The van der Waals surface area contributed by atoms with Crippen LogP contribution in [0, 0.1) is 0 Å². The Bertz CT molecular complexity index is 1040. The molecule has 2 amide bonds. The van der Waals surface area contributed by atoms with Crippen molar-refractivity contribution in [3.63, 3.8) is 0 Å². The third kappa shape index (κ3) is 5.41. The molecule has 3 rings (SSSR count). The second-order valence-corrected chi connectivity index (χ2v) is 9.48. The number of primary sulfonamides is 1. The zero-order valence-corrected chi connectivity index (χ0v) is 17.5. The fourth-order valence-electron chi connectivity index (χ4n) is 2.33. The van der Waals surface area contributed by atoms with Gasteiger partial charge in [-0.2, -0.15) is 0 Å². The maximum atomic E-state index is 12.2. The first kappa shape index (κ1) is 20.5. The lowest BCUT2D eigenvalue weighted by atomic mass is 10.2. The number of nitrogens with zero attached hydrogens (tertiary/aromatic N) is 1. The first-order valence-corrected chi connectivity index (χ1v) is 11.2. The van der Waals surface area contributed by atoms with Crippen LogP contribution in [0.2, 0.25) is 0 Å².